The number of ether oxygens (including phenoxy) is 1. The maximum Gasteiger partial charge on any atom is 0.0513 e. The smallest absolute Gasteiger partial charge is 0.0513 e. The number of hydrogen-bond donors (Lipinski definition) is 1. The molecular weight excluding hydrogens is 277 g/mol. The Morgan fingerprint density at radius 3 is 2.87 bits per heavy atom. The zero-order valence-electron chi connectivity index (χ0n) is 8.25. The molecule has 2 atom stereocenters. The first-order valence-electron chi connectivity index (χ1n) is 4.96. The molecule has 2 rings (SSSR count). The summed E-state index contributed by atoms with van der Waals surface area (Å²) in [5.41, 5.74) is 7.25. The van der Waals surface area contributed by atoms with Crippen LogP contribution in [0.2, 0.25) is 5.02 Å². The first kappa shape index (κ1) is 11.4. The fraction of sp³-hybridized carbons (Fsp3) is 0.455. The third-order valence-electron chi connectivity index (χ3n) is 2.74. The van der Waals surface area contributed by atoms with E-state index < -0.39 is 0 Å². The second-order valence-corrected chi connectivity index (χ2v) is 5.20. The van der Waals surface area contributed by atoms with Crippen LogP contribution in [0.4, 0.5) is 0 Å². The molecule has 4 heteroatoms. The van der Waals surface area contributed by atoms with E-state index in [-0.39, 0.29) is 6.04 Å². The number of hydrogen-bond acceptors (Lipinski definition) is 2. The summed E-state index contributed by atoms with van der Waals surface area (Å²) in [6, 6.07) is 5.83. The van der Waals surface area contributed by atoms with Crippen LogP contribution in [0.3, 0.4) is 0 Å². The Morgan fingerprint density at radius 2 is 2.27 bits per heavy atom. The lowest BCUT2D eigenvalue weighted by molar-refractivity contribution is 0.181. The molecule has 0 amide bonds. The maximum absolute atomic E-state index is 6.18. The van der Waals surface area contributed by atoms with Gasteiger partial charge in [-0.3, -0.25) is 0 Å². The molecule has 0 aliphatic carbocycles. The van der Waals surface area contributed by atoms with Crippen molar-refractivity contribution in [2.45, 2.75) is 12.5 Å². The number of nitrogens with two attached hydrogens (primary N) is 1. The second kappa shape index (κ2) is 4.83. The van der Waals surface area contributed by atoms with E-state index >= 15 is 0 Å². The van der Waals surface area contributed by atoms with Gasteiger partial charge in [0.2, 0.25) is 0 Å². The number of benzene rings is 1. The predicted molar refractivity (Wildman–Crippen MR) is 65.0 cm³/mol. The molecule has 15 heavy (non-hydrogen) atoms. The summed E-state index contributed by atoms with van der Waals surface area (Å²) in [6.07, 6.45) is 1.03. The Hall–Kier alpha value is -0.0900. The molecule has 0 bridgehead atoms. The van der Waals surface area contributed by atoms with Crippen LogP contribution in [-0.2, 0) is 4.74 Å². The number of rotatable bonds is 2. The Morgan fingerprint density at radius 1 is 1.47 bits per heavy atom. The molecule has 0 radical (unpaired) electrons. The first-order valence-corrected chi connectivity index (χ1v) is 6.13. The van der Waals surface area contributed by atoms with Gasteiger partial charge in [0.05, 0.1) is 6.61 Å². The molecule has 1 aromatic rings. The average Bonchev–Trinajstić information content (AvgIpc) is 2.67. The van der Waals surface area contributed by atoms with E-state index in [1.54, 1.807) is 0 Å². The van der Waals surface area contributed by atoms with Crippen molar-refractivity contribution in [2.75, 3.05) is 13.2 Å². The highest BCUT2D eigenvalue weighted by atomic mass is 79.9. The van der Waals surface area contributed by atoms with E-state index in [4.69, 9.17) is 22.1 Å². The van der Waals surface area contributed by atoms with Gasteiger partial charge in [0.15, 0.2) is 0 Å². The van der Waals surface area contributed by atoms with Crippen molar-refractivity contribution in [3.8, 4) is 0 Å². The van der Waals surface area contributed by atoms with Crippen LogP contribution in [0.1, 0.15) is 18.0 Å². The minimum absolute atomic E-state index is 0.0162. The molecule has 1 saturated heterocycles. The predicted octanol–water partition coefficient (Wildman–Crippen LogP) is 3.14. The lowest BCUT2D eigenvalue weighted by atomic mass is 9.93. The molecule has 2 unspecified atom stereocenters. The fourth-order valence-electron chi connectivity index (χ4n) is 1.88. The topological polar surface area (TPSA) is 35.2 Å². The largest absolute Gasteiger partial charge is 0.381 e. The number of halogens is 2. The molecule has 1 aromatic carbocycles. The van der Waals surface area contributed by atoms with Crippen LogP contribution >= 0.6 is 27.5 Å². The highest BCUT2D eigenvalue weighted by molar-refractivity contribution is 9.10. The van der Waals surface area contributed by atoms with Crippen molar-refractivity contribution in [2.24, 2.45) is 11.7 Å². The van der Waals surface area contributed by atoms with Gasteiger partial charge in [-0.1, -0.05) is 27.5 Å². The molecule has 1 aliphatic heterocycles. The van der Waals surface area contributed by atoms with Crippen LogP contribution in [0.25, 0.3) is 0 Å². The summed E-state index contributed by atoms with van der Waals surface area (Å²) in [4.78, 5) is 0. The minimum Gasteiger partial charge on any atom is -0.381 e. The van der Waals surface area contributed by atoms with Crippen LogP contribution in [0.5, 0.6) is 0 Å². The van der Waals surface area contributed by atoms with Gasteiger partial charge in [-0.05, 0) is 30.2 Å². The highest BCUT2D eigenvalue weighted by Crippen LogP contribution is 2.30. The Balaban J connectivity index is 2.20. The molecule has 0 saturated carbocycles. The molecule has 1 fully saturated rings. The third kappa shape index (κ3) is 2.72. The lowest BCUT2D eigenvalue weighted by Gasteiger charge is -2.18. The highest BCUT2D eigenvalue weighted by Gasteiger charge is 2.24. The molecule has 0 aromatic heterocycles. The lowest BCUT2D eigenvalue weighted by Crippen LogP contribution is -2.21. The van der Waals surface area contributed by atoms with Gasteiger partial charge in [0, 0.05) is 28.1 Å². The van der Waals surface area contributed by atoms with Gasteiger partial charge < -0.3 is 10.5 Å². The zero-order chi connectivity index (χ0) is 10.8. The van der Waals surface area contributed by atoms with Crippen LogP contribution < -0.4 is 5.73 Å². The Kier molecular flexibility index (Phi) is 3.67. The average molecular weight is 291 g/mol. The van der Waals surface area contributed by atoms with Crippen LogP contribution in [-0.4, -0.2) is 13.2 Å². The van der Waals surface area contributed by atoms with E-state index in [0.717, 1.165) is 29.7 Å². The van der Waals surface area contributed by atoms with E-state index in [0.29, 0.717) is 10.9 Å². The molecule has 82 valence electrons. The van der Waals surface area contributed by atoms with Crippen LogP contribution in [0, 0.1) is 5.92 Å². The first-order chi connectivity index (χ1) is 7.16. The van der Waals surface area contributed by atoms with Crippen molar-refractivity contribution in [3.63, 3.8) is 0 Å². The third-order valence-corrected chi connectivity index (χ3v) is 3.42. The maximum atomic E-state index is 6.18. The Bertz CT molecular complexity index is 332. The summed E-state index contributed by atoms with van der Waals surface area (Å²) >= 11 is 9.40. The van der Waals surface area contributed by atoms with Crippen molar-refractivity contribution in [3.05, 3.63) is 33.3 Å². The summed E-state index contributed by atoms with van der Waals surface area (Å²) < 4.78 is 6.31. The van der Waals surface area contributed by atoms with Crippen LogP contribution in [0.15, 0.2) is 22.7 Å². The van der Waals surface area contributed by atoms with Gasteiger partial charge in [-0.25, -0.2) is 0 Å². The SMILES string of the molecule is NC(c1cc(Cl)cc(Br)c1)C1CCOC1. The second-order valence-electron chi connectivity index (χ2n) is 3.85. The fourth-order valence-corrected chi connectivity index (χ4v) is 2.76. The monoisotopic (exact) mass is 289 g/mol. The molecule has 2 nitrogen and oxygen atoms in total. The van der Waals surface area contributed by atoms with Crippen molar-refractivity contribution in [1.82, 2.24) is 0 Å². The Labute approximate surface area is 103 Å². The van der Waals surface area contributed by atoms with E-state index in [2.05, 4.69) is 15.9 Å². The summed E-state index contributed by atoms with van der Waals surface area (Å²) in [5.74, 6) is 0.412. The summed E-state index contributed by atoms with van der Waals surface area (Å²) in [6.45, 7) is 1.57. The normalized spacial score (nSPS) is 23.0. The van der Waals surface area contributed by atoms with E-state index in [9.17, 15) is 0 Å². The standard InChI is InChI=1S/C11H13BrClNO/c12-9-3-8(4-10(13)5-9)11(14)7-1-2-15-6-7/h3-5,7,11H,1-2,6,14H2. The van der Waals surface area contributed by atoms with Gasteiger partial charge in [-0.15, -0.1) is 0 Å². The molecule has 1 heterocycles. The summed E-state index contributed by atoms with van der Waals surface area (Å²) in [5, 5.41) is 0.716. The van der Waals surface area contributed by atoms with Gasteiger partial charge in [0.25, 0.3) is 0 Å². The van der Waals surface area contributed by atoms with Gasteiger partial charge in [-0.2, -0.15) is 0 Å². The molecule has 1 aliphatic rings. The van der Waals surface area contributed by atoms with Crippen molar-refractivity contribution in [1.29, 1.82) is 0 Å². The summed E-state index contributed by atoms with van der Waals surface area (Å²) in [7, 11) is 0. The quantitative estimate of drug-likeness (QED) is 0.908. The molecule has 0 spiro atoms. The minimum atomic E-state index is 0.0162. The van der Waals surface area contributed by atoms with E-state index in [1.165, 1.54) is 0 Å². The van der Waals surface area contributed by atoms with Crippen molar-refractivity contribution < 1.29 is 4.74 Å². The van der Waals surface area contributed by atoms with Gasteiger partial charge >= 0.3 is 0 Å². The van der Waals surface area contributed by atoms with Gasteiger partial charge in [0.1, 0.15) is 0 Å². The van der Waals surface area contributed by atoms with E-state index in [1.807, 2.05) is 18.2 Å². The zero-order valence-corrected chi connectivity index (χ0v) is 10.6. The molecular formula is C11H13BrClNO. The van der Waals surface area contributed by atoms with Crippen molar-refractivity contribution >= 4 is 27.5 Å². The molecule has 2 N–H and O–H groups in total.